The van der Waals surface area contributed by atoms with E-state index in [4.69, 9.17) is 18.0 Å². The van der Waals surface area contributed by atoms with Crippen LogP contribution in [0, 0.1) is 0 Å². The third-order valence-electron chi connectivity index (χ3n) is 3.77. The Bertz CT molecular complexity index is 599. The van der Waals surface area contributed by atoms with E-state index in [-0.39, 0.29) is 11.2 Å². The predicted octanol–water partition coefficient (Wildman–Crippen LogP) is 2.30. The minimum absolute atomic E-state index is 0.109. The molecule has 7 heteroatoms. The smallest absolute Gasteiger partial charge is 0.243 e. The maximum absolute atomic E-state index is 12.7. The summed E-state index contributed by atoms with van der Waals surface area (Å²) in [6.45, 7) is 2.64. The number of hydrogen-bond donors (Lipinski definition) is 2. The van der Waals surface area contributed by atoms with Crippen molar-refractivity contribution in [2.45, 2.75) is 43.5 Å². The fourth-order valence-corrected chi connectivity index (χ4v) is 4.57. The summed E-state index contributed by atoms with van der Waals surface area (Å²) < 4.78 is 27.1. The lowest BCUT2D eigenvalue weighted by molar-refractivity contribution is 0.246. The van der Waals surface area contributed by atoms with E-state index < -0.39 is 10.0 Å². The van der Waals surface area contributed by atoms with E-state index in [9.17, 15) is 8.42 Å². The number of nitrogens with two attached hydrogens (primary N) is 1. The Labute approximate surface area is 131 Å². The maximum atomic E-state index is 12.7. The van der Waals surface area contributed by atoms with Crippen molar-refractivity contribution in [2.24, 2.45) is 5.73 Å². The van der Waals surface area contributed by atoms with Crippen LogP contribution in [0.25, 0.3) is 0 Å². The van der Waals surface area contributed by atoms with Crippen molar-refractivity contribution in [3.8, 4) is 0 Å². The number of rotatable bonds is 4. The number of nitrogens with one attached hydrogen (secondary N) is 1. The van der Waals surface area contributed by atoms with Crippen molar-refractivity contribution in [3.05, 3.63) is 24.3 Å². The number of anilines is 1. The van der Waals surface area contributed by atoms with E-state index in [0.717, 1.165) is 25.7 Å². The Hall–Kier alpha value is -1.18. The normalized spacial score (nSPS) is 20.1. The molecule has 0 saturated carbocycles. The zero-order chi connectivity index (χ0) is 15.5. The standard InChI is InChI=1S/C14H21N3O2S2/c1-2-12-5-3-4-10-17(12)21(18,19)13-8-6-11(7-9-13)16-14(15)20/h6-9,12H,2-5,10H2,1H3,(H3,15,16,20). The Balaban J connectivity index is 2.24. The number of thiocarbonyl (C=S) groups is 1. The topological polar surface area (TPSA) is 75.4 Å². The van der Waals surface area contributed by atoms with Gasteiger partial charge in [0.2, 0.25) is 10.0 Å². The summed E-state index contributed by atoms with van der Waals surface area (Å²) in [6.07, 6.45) is 3.81. The van der Waals surface area contributed by atoms with Crippen LogP contribution in [0.2, 0.25) is 0 Å². The molecule has 0 aliphatic carbocycles. The van der Waals surface area contributed by atoms with Gasteiger partial charge in [-0.1, -0.05) is 13.3 Å². The van der Waals surface area contributed by atoms with Crippen LogP contribution in [0.4, 0.5) is 5.69 Å². The monoisotopic (exact) mass is 327 g/mol. The molecular formula is C14H21N3O2S2. The summed E-state index contributed by atoms with van der Waals surface area (Å²) in [7, 11) is -3.43. The lowest BCUT2D eigenvalue weighted by Gasteiger charge is -2.34. The first-order chi connectivity index (χ1) is 9.95. The zero-order valence-electron chi connectivity index (χ0n) is 12.1. The van der Waals surface area contributed by atoms with Gasteiger partial charge < -0.3 is 11.1 Å². The summed E-state index contributed by atoms with van der Waals surface area (Å²) in [6, 6.07) is 6.65. The summed E-state index contributed by atoms with van der Waals surface area (Å²) in [4.78, 5) is 0.316. The fraction of sp³-hybridized carbons (Fsp3) is 0.500. The molecule has 5 nitrogen and oxygen atoms in total. The van der Waals surface area contributed by atoms with Gasteiger partial charge in [-0.25, -0.2) is 8.42 Å². The lowest BCUT2D eigenvalue weighted by Crippen LogP contribution is -2.43. The second kappa shape index (κ2) is 6.72. The van der Waals surface area contributed by atoms with E-state index in [2.05, 4.69) is 5.32 Å². The molecule has 1 saturated heterocycles. The molecule has 0 aromatic heterocycles. The zero-order valence-corrected chi connectivity index (χ0v) is 13.7. The van der Waals surface area contributed by atoms with Crippen LogP contribution in [0.15, 0.2) is 29.2 Å². The second-order valence-electron chi connectivity index (χ2n) is 5.19. The van der Waals surface area contributed by atoms with Gasteiger partial charge in [0.15, 0.2) is 5.11 Å². The molecule has 0 spiro atoms. The molecule has 1 heterocycles. The van der Waals surface area contributed by atoms with Crippen molar-refractivity contribution in [3.63, 3.8) is 0 Å². The number of hydrogen-bond acceptors (Lipinski definition) is 3. The molecule has 3 N–H and O–H groups in total. The Morgan fingerprint density at radius 2 is 2.05 bits per heavy atom. The molecule has 1 fully saturated rings. The van der Waals surface area contributed by atoms with Gasteiger partial charge in [-0.15, -0.1) is 0 Å². The van der Waals surface area contributed by atoms with Crippen molar-refractivity contribution >= 4 is 33.0 Å². The highest BCUT2D eigenvalue weighted by Gasteiger charge is 2.32. The van der Waals surface area contributed by atoms with Crippen LogP contribution in [-0.2, 0) is 10.0 Å². The predicted molar refractivity (Wildman–Crippen MR) is 88.7 cm³/mol. The Kier molecular flexibility index (Phi) is 5.18. The van der Waals surface area contributed by atoms with Crippen LogP contribution in [0.3, 0.4) is 0 Å². The van der Waals surface area contributed by atoms with Gasteiger partial charge in [0.05, 0.1) is 4.90 Å². The van der Waals surface area contributed by atoms with E-state index in [1.165, 1.54) is 0 Å². The van der Waals surface area contributed by atoms with E-state index >= 15 is 0 Å². The van der Waals surface area contributed by atoms with Crippen LogP contribution in [-0.4, -0.2) is 30.4 Å². The highest BCUT2D eigenvalue weighted by Crippen LogP contribution is 2.27. The largest absolute Gasteiger partial charge is 0.376 e. The molecule has 1 aromatic rings. The van der Waals surface area contributed by atoms with Crippen molar-refractivity contribution in [2.75, 3.05) is 11.9 Å². The molecule has 0 amide bonds. The van der Waals surface area contributed by atoms with Gasteiger partial charge in [0, 0.05) is 18.3 Å². The molecule has 0 bridgehead atoms. The molecule has 1 unspecified atom stereocenters. The van der Waals surface area contributed by atoms with Gasteiger partial charge >= 0.3 is 0 Å². The van der Waals surface area contributed by atoms with E-state index in [1.54, 1.807) is 28.6 Å². The number of piperidine rings is 1. The summed E-state index contributed by atoms with van der Waals surface area (Å²) in [5, 5.41) is 2.94. The summed E-state index contributed by atoms with van der Waals surface area (Å²) in [5.41, 5.74) is 6.08. The van der Waals surface area contributed by atoms with Gasteiger partial charge in [0.1, 0.15) is 0 Å². The highest BCUT2D eigenvalue weighted by atomic mass is 32.2. The molecular weight excluding hydrogens is 306 g/mol. The Morgan fingerprint density at radius 1 is 1.38 bits per heavy atom. The minimum Gasteiger partial charge on any atom is -0.376 e. The SMILES string of the molecule is CCC1CCCCN1S(=O)(=O)c1ccc(NC(N)=S)cc1. The molecule has 1 aromatic carbocycles. The third kappa shape index (κ3) is 3.72. The fourth-order valence-electron chi connectivity index (χ4n) is 2.69. The lowest BCUT2D eigenvalue weighted by atomic mass is 10.0. The minimum atomic E-state index is -3.43. The van der Waals surface area contributed by atoms with Gasteiger partial charge in [-0.3, -0.25) is 0 Å². The number of sulfonamides is 1. The number of nitrogens with zero attached hydrogens (tertiary/aromatic N) is 1. The Morgan fingerprint density at radius 3 is 2.62 bits per heavy atom. The van der Waals surface area contributed by atoms with Crippen LogP contribution < -0.4 is 11.1 Å². The van der Waals surface area contributed by atoms with Crippen molar-refractivity contribution < 1.29 is 8.42 Å². The maximum Gasteiger partial charge on any atom is 0.243 e. The molecule has 1 aliphatic rings. The average molecular weight is 327 g/mol. The van der Waals surface area contributed by atoms with Crippen molar-refractivity contribution in [1.29, 1.82) is 0 Å². The van der Waals surface area contributed by atoms with Crippen molar-refractivity contribution in [1.82, 2.24) is 4.31 Å². The number of benzene rings is 1. The summed E-state index contributed by atoms with van der Waals surface area (Å²) in [5.74, 6) is 0. The van der Waals surface area contributed by atoms with E-state index in [1.807, 2.05) is 6.92 Å². The highest BCUT2D eigenvalue weighted by molar-refractivity contribution is 7.89. The van der Waals surface area contributed by atoms with Gasteiger partial charge in [0.25, 0.3) is 0 Å². The molecule has 21 heavy (non-hydrogen) atoms. The first-order valence-electron chi connectivity index (χ1n) is 7.13. The van der Waals surface area contributed by atoms with Crippen LogP contribution >= 0.6 is 12.2 Å². The average Bonchev–Trinajstić information content (AvgIpc) is 2.47. The molecule has 0 radical (unpaired) electrons. The first-order valence-corrected chi connectivity index (χ1v) is 8.98. The van der Waals surface area contributed by atoms with Crippen LogP contribution in [0.5, 0.6) is 0 Å². The van der Waals surface area contributed by atoms with Gasteiger partial charge in [-0.2, -0.15) is 4.31 Å². The first kappa shape index (κ1) is 16.2. The quantitative estimate of drug-likeness (QED) is 0.830. The third-order valence-corrected chi connectivity index (χ3v) is 5.84. The molecule has 116 valence electrons. The molecule has 1 aliphatic heterocycles. The van der Waals surface area contributed by atoms with Crippen LogP contribution in [0.1, 0.15) is 32.6 Å². The summed E-state index contributed by atoms with van der Waals surface area (Å²) >= 11 is 4.76. The van der Waals surface area contributed by atoms with E-state index in [0.29, 0.717) is 17.1 Å². The van der Waals surface area contributed by atoms with Gasteiger partial charge in [-0.05, 0) is 55.7 Å². The molecule has 2 rings (SSSR count). The molecule has 1 atom stereocenters. The second-order valence-corrected chi connectivity index (χ2v) is 7.52.